The number of carbonyl (C=O) groups is 1. The van der Waals surface area contributed by atoms with Gasteiger partial charge in [-0.1, -0.05) is 23.1 Å². The molecule has 3 rings (SSSR count). The van der Waals surface area contributed by atoms with Crippen LogP contribution < -0.4 is 19.5 Å². The van der Waals surface area contributed by atoms with E-state index in [0.29, 0.717) is 27.9 Å². The molecule has 0 aliphatic heterocycles. The smallest absolute Gasteiger partial charge is 0.235 e. The molecule has 25 heavy (non-hydrogen) atoms. The minimum Gasteiger partial charge on any atom is -0.493 e. The van der Waals surface area contributed by atoms with Gasteiger partial charge in [-0.15, -0.1) is 15.3 Å². The standard InChI is InChI=1S/C14H15N5O4S2/c1-21-9-4-8(5-10(22-2)12(9)23-3)16-11(20)6-24-14-18-19-7-15-17-13(19)25-14/h4-5,7H,6H2,1-3H3,(H,16,20). The maximum absolute atomic E-state index is 12.2. The van der Waals surface area contributed by atoms with Crippen molar-refractivity contribution in [3.63, 3.8) is 0 Å². The van der Waals surface area contributed by atoms with Gasteiger partial charge in [-0.2, -0.15) is 4.52 Å². The molecule has 0 saturated carbocycles. The zero-order chi connectivity index (χ0) is 17.8. The van der Waals surface area contributed by atoms with Crippen molar-refractivity contribution in [2.24, 2.45) is 0 Å². The van der Waals surface area contributed by atoms with Crippen LogP contribution in [0.25, 0.3) is 4.96 Å². The second-order valence-corrected chi connectivity index (χ2v) is 6.86. The highest BCUT2D eigenvalue weighted by Gasteiger charge is 2.15. The number of amides is 1. The number of carbonyl (C=O) groups excluding carboxylic acids is 1. The van der Waals surface area contributed by atoms with Gasteiger partial charge in [0.25, 0.3) is 0 Å². The summed E-state index contributed by atoms with van der Waals surface area (Å²) in [5, 5.41) is 14.7. The predicted molar refractivity (Wildman–Crippen MR) is 94.1 cm³/mol. The van der Waals surface area contributed by atoms with Crippen molar-refractivity contribution in [2.45, 2.75) is 4.34 Å². The minimum absolute atomic E-state index is 0.176. The number of fused-ring (bicyclic) bond motifs is 1. The number of hydrogen-bond donors (Lipinski definition) is 1. The van der Waals surface area contributed by atoms with E-state index in [4.69, 9.17) is 14.2 Å². The molecule has 2 aromatic heterocycles. The van der Waals surface area contributed by atoms with Crippen molar-refractivity contribution < 1.29 is 19.0 Å². The van der Waals surface area contributed by atoms with Crippen molar-refractivity contribution in [1.82, 2.24) is 19.8 Å². The first-order valence-electron chi connectivity index (χ1n) is 7.04. The van der Waals surface area contributed by atoms with E-state index in [1.807, 2.05) is 0 Å². The van der Waals surface area contributed by atoms with E-state index in [-0.39, 0.29) is 11.7 Å². The molecule has 0 spiro atoms. The minimum atomic E-state index is -0.176. The van der Waals surface area contributed by atoms with Gasteiger partial charge in [0.1, 0.15) is 6.33 Å². The Labute approximate surface area is 151 Å². The molecule has 3 aromatic rings. The summed E-state index contributed by atoms with van der Waals surface area (Å²) in [6, 6.07) is 3.35. The molecule has 1 N–H and O–H groups in total. The number of nitrogens with one attached hydrogen (secondary N) is 1. The van der Waals surface area contributed by atoms with Crippen LogP contribution in [-0.2, 0) is 4.79 Å². The Bertz CT molecular complexity index is 841. The molecule has 132 valence electrons. The lowest BCUT2D eigenvalue weighted by molar-refractivity contribution is -0.113. The molecule has 0 aliphatic rings. The molecule has 1 aromatic carbocycles. The lowest BCUT2D eigenvalue weighted by Gasteiger charge is -2.14. The Balaban J connectivity index is 1.66. The first-order chi connectivity index (χ1) is 12.1. The third-order valence-electron chi connectivity index (χ3n) is 3.14. The lowest BCUT2D eigenvalue weighted by Crippen LogP contribution is -2.14. The summed E-state index contributed by atoms with van der Waals surface area (Å²) in [4.78, 5) is 12.9. The van der Waals surface area contributed by atoms with Crippen molar-refractivity contribution >= 4 is 39.7 Å². The first-order valence-corrected chi connectivity index (χ1v) is 8.84. The van der Waals surface area contributed by atoms with Crippen molar-refractivity contribution in [1.29, 1.82) is 0 Å². The number of nitrogens with zero attached hydrogens (tertiary/aromatic N) is 4. The maximum atomic E-state index is 12.2. The second kappa shape index (κ2) is 7.57. The average Bonchev–Trinajstić information content (AvgIpc) is 3.20. The molecular formula is C14H15N5O4S2. The summed E-state index contributed by atoms with van der Waals surface area (Å²) in [7, 11) is 4.56. The van der Waals surface area contributed by atoms with Crippen LogP contribution in [-0.4, -0.2) is 52.8 Å². The van der Waals surface area contributed by atoms with E-state index in [1.54, 1.807) is 16.6 Å². The molecule has 0 bridgehead atoms. The van der Waals surface area contributed by atoms with E-state index in [2.05, 4.69) is 20.6 Å². The number of methoxy groups -OCH3 is 3. The third kappa shape index (κ3) is 3.77. The summed E-state index contributed by atoms with van der Waals surface area (Å²) < 4.78 is 18.1. The fourth-order valence-electron chi connectivity index (χ4n) is 2.08. The van der Waals surface area contributed by atoms with Gasteiger partial charge in [-0.25, -0.2) is 0 Å². The quantitative estimate of drug-likeness (QED) is 0.620. The van der Waals surface area contributed by atoms with E-state index < -0.39 is 0 Å². The summed E-state index contributed by atoms with van der Waals surface area (Å²) >= 11 is 2.70. The highest BCUT2D eigenvalue weighted by Crippen LogP contribution is 2.40. The van der Waals surface area contributed by atoms with Crippen LogP contribution in [0, 0.1) is 0 Å². The largest absolute Gasteiger partial charge is 0.493 e. The van der Waals surface area contributed by atoms with Gasteiger partial charge in [0, 0.05) is 17.8 Å². The lowest BCUT2D eigenvalue weighted by atomic mass is 10.2. The summed E-state index contributed by atoms with van der Waals surface area (Å²) in [6.45, 7) is 0. The summed E-state index contributed by atoms with van der Waals surface area (Å²) in [5.74, 6) is 1.44. The van der Waals surface area contributed by atoms with Gasteiger partial charge in [0.05, 0.1) is 27.1 Å². The second-order valence-electron chi connectivity index (χ2n) is 4.68. The highest BCUT2D eigenvalue weighted by atomic mass is 32.2. The van der Waals surface area contributed by atoms with E-state index in [0.717, 1.165) is 4.34 Å². The SMILES string of the molecule is COc1cc(NC(=O)CSc2nn3cnnc3s2)cc(OC)c1OC. The zero-order valence-electron chi connectivity index (χ0n) is 13.7. The van der Waals surface area contributed by atoms with Crippen molar-refractivity contribution in [3.05, 3.63) is 18.5 Å². The Morgan fingerprint density at radius 3 is 2.56 bits per heavy atom. The molecule has 11 heteroatoms. The molecule has 2 heterocycles. The predicted octanol–water partition coefficient (Wildman–Crippen LogP) is 1.94. The summed E-state index contributed by atoms with van der Waals surface area (Å²) in [6.07, 6.45) is 1.52. The Kier molecular flexibility index (Phi) is 5.24. The number of rotatable bonds is 7. The molecule has 9 nitrogen and oxygen atoms in total. The van der Waals surface area contributed by atoms with Crippen LogP contribution in [0.4, 0.5) is 5.69 Å². The van der Waals surface area contributed by atoms with Crippen molar-refractivity contribution in [3.8, 4) is 17.2 Å². The molecule has 0 fully saturated rings. The van der Waals surface area contributed by atoms with Crippen LogP contribution >= 0.6 is 23.1 Å². The number of benzene rings is 1. The van der Waals surface area contributed by atoms with Gasteiger partial charge >= 0.3 is 0 Å². The van der Waals surface area contributed by atoms with E-state index in [1.165, 1.54) is 50.8 Å². The van der Waals surface area contributed by atoms with Gasteiger partial charge in [0.2, 0.25) is 16.6 Å². The number of aromatic nitrogens is 4. The molecule has 0 saturated heterocycles. The van der Waals surface area contributed by atoms with Crippen LogP contribution in [0.2, 0.25) is 0 Å². The Hall–Kier alpha value is -2.53. The monoisotopic (exact) mass is 381 g/mol. The van der Waals surface area contributed by atoms with E-state index in [9.17, 15) is 4.79 Å². The fraction of sp³-hybridized carbons (Fsp3) is 0.286. The Morgan fingerprint density at radius 2 is 1.96 bits per heavy atom. The zero-order valence-corrected chi connectivity index (χ0v) is 15.3. The number of anilines is 1. The maximum Gasteiger partial charge on any atom is 0.235 e. The van der Waals surface area contributed by atoms with Gasteiger partial charge in [-0.05, 0) is 0 Å². The average molecular weight is 381 g/mol. The molecule has 0 atom stereocenters. The number of hydrogen-bond acceptors (Lipinski definition) is 9. The normalized spacial score (nSPS) is 10.7. The Morgan fingerprint density at radius 1 is 1.24 bits per heavy atom. The highest BCUT2D eigenvalue weighted by molar-refractivity contribution is 8.01. The molecule has 0 aliphatic carbocycles. The third-order valence-corrected chi connectivity index (χ3v) is 5.19. The fourth-order valence-corrected chi connectivity index (χ4v) is 3.74. The molecule has 0 unspecified atom stereocenters. The number of thioether (sulfide) groups is 1. The van der Waals surface area contributed by atoms with Crippen LogP contribution in [0.15, 0.2) is 22.8 Å². The van der Waals surface area contributed by atoms with Gasteiger partial charge < -0.3 is 19.5 Å². The van der Waals surface area contributed by atoms with Crippen LogP contribution in [0.5, 0.6) is 17.2 Å². The van der Waals surface area contributed by atoms with Crippen LogP contribution in [0.1, 0.15) is 0 Å². The van der Waals surface area contributed by atoms with Crippen molar-refractivity contribution in [2.75, 3.05) is 32.4 Å². The van der Waals surface area contributed by atoms with Crippen LogP contribution in [0.3, 0.4) is 0 Å². The molecular weight excluding hydrogens is 366 g/mol. The number of ether oxygens (including phenoxy) is 3. The van der Waals surface area contributed by atoms with Gasteiger partial charge in [-0.3, -0.25) is 4.79 Å². The molecule has 0 radical (unpaired) electrons. The van der Waals surface area contributed by atoms with E-state index >= 15 is 0 Å². The topological polar surface area (TPSA) is 99.9 Å². The van der Waals surface area contributed by atoms with Gasteiger partial charge in [0.15, 0.2) is 15.8 Å². The summed E-state index contributed by atoms with van der Waals surface area (Å²) in [5.41, 5.74) is 0.554. The molecule has 1 amide bonds. The first kappa shape index (κ1) is 17.3.